The molecule has 0 unspecified atom stereocenters. The molecule has 2 nitrogen and oxygen atoms in total. The molecule has 0 aliphatic carbocycles. The predicted octanol–water partition coefficient (Wildman–Crippen LogP) is -1.29. The average Bonchev–Trinajstić information content (AvgIpc) is 2.18. The third-order valence-corrected chi connectivity index (χ3v) is 2.25. The first kappa shape index (κ1) is 11.2. The molecule has 0 saturated carbocycles. The van der Waals surface area contributed by atoms with Crippen LogP contribution in [0.4, 0.5) is 5.69 Å². The number of para-hydroxylation sites is 1. The molecule has 1 aromatic heterocycles. The molecule has 1 N–H and O–H groups in total. The van der Waals surface area contributed by atoms with Crippen LogP contribution in [0.5, 0.6) is 0 Å². The van der Waals surface area contributed by atoms with Gasteiger partial charge in [-0.05, 0) is 12.1 Å². The van der Waals surface area contributed by atoms with E-state index in [2.05, 4.69) is 53.5 Å². The van der Waals surface area contributed by atoms with Gasteiger partial charge in [0.1, 0.15) is 7.05 Å². The maximum atomic E-state index is 3.14. The zero-order valence-corrected chi connectivity index (χ0v) is 10.4. The Morgan fingerprint density at radius 1 is 1.21 bits per heavy atom. The van der Waals surface area contributed by atoms with Gasteiger partial charge in [-0.3, -0.25) is 0 Å². The van der Waals surface area contributed by atoms with Crippen LogP contribution in [0.1, 0.15) is 0 Å². The molecule has 0 saturated heterocycles. The van der Waals surface area contributed by atoms with Gasteiger partial charge in [-0.1, -0.05) is 12.1 Å². The molecule has 1 heterocycles. The van der Waals surface area contributed by atoms with Crippen molar-refractivity contribution in [3.63, 3.8) is 0 Å². The molecule has 1 aromatic carbocycles. The van der Waals surface area contributed by atoms with E-state index in [0.717, 1.165) is 5.69 Å². The number of hydrogen-bond donors (Lipinski definition) is 1. The number of fused-ring (bicyclic) bond motifs is 1. The van der Waals surface area contributed by atoms with Gasteiger partial charge in [0.2, 0.25) is 5.52 Å². The van der Waals surface area contributed by atoms with Crippen LogP contribution >= 0.6 is 0 Å². The molecule has 0 amide bonds. The largest absolute Gasteiger partial charge is 1.00 e. The quantitative estimate of drug-likeness (QED) is 0.512. The van der Waals surface area contributed by atoms with Crippen LogP contribution in [0.2, 0.25) is 0 Å². The maximum Gasteiger partial charge on any atom is 0.212 e. The van der Waals surface area contributed by atoms with Crippen molar-refractivity contribution in [2.24, 2.45) is 7.05 Å². The van der Waals surface area contributed by atoms with Gasteiger partial charge >= 0.3 is 0 Å². The zero-order chi connectivity index (χ0) is 9.26. The molecule has 0 bridgehead atoms. The highest BCUT2D eigenvalue weighted by Gasteiger charge is 2.04. The van der Waals surface area contributed by atoms with Crippen molar-refractivity contribution in [3.8, 4) is 0 Å². The third-order valence-electron chi connectivity index (χ3n) is 2.25. The highest BCUT2D eigenvalue weighted by atomic mass is 127. The molecule has 0 radical (unpaired) electrons. The number of benzene rings is 1. The Labute approximate surface area is 101 Å². The second kappa shape index (κ2) is 4.59. The van der Waals surface area contributed by atoms with E-state index in [4.69, 9.17) is 0 Å². The third kappa shape index (κ3) is 1.97. The summed E-state index contributed by atoms with van der Waals surface area (Å²) >= 11 is 0. The summed E-state index contributed by atoms with van der Waals surface area (Å²) in [5, 5.41) is 4.40. The molecular weight excluding hydrogens is 287 g/mol. The number of aryl methyl sites for hydroxylation is 1. The smallest absolute Gasteiger partial charge is 0.212 e. The topological polar surface area (TPSA) is 15.9 Å². The van der Waals surface area contributed by atoms with Gasteiger partial charge < -0.3 is 29.3 Å². The zero-order valence-electron chi connectivity index (χ0n) is 8.29. The van der Waals surface area contributed by atoms with Crippen LogP contribution in [-0.4, -0.2) is 7.05 Å². The van der Waals surface area contributed by atoms with Gasteiger partial charge in [-0.25, -0.2) is 0 Å². The lowest BCUT2D eigenvalue weighted by molar-refractivity contribution is -0.644. The average molecular weight is 300 g/mol. The van der Waals surface area contributed by atoms with Crippen molar-refractivity contribution >= 4 is 16.6 Å². The molecule has 3 heteroatoms. The van der Waals surface area contributed by atoms with E-state index in [1.54, 1.807) is 0 Å². The van der Waals surface area contributed by atoms with Crippen LogP contribution < -0.4 is 33.9 Å². The SMILES string of the molecule is CNc1cc2ccccc2[n+](C)c1.[I-]. The summed E-state index contributed by atoms with van der Waals surface area (Å²) in [6.45, 7) is 0. The number of pyridine rings is 1. The van der Waals surface area contributed by atoms with E-state index in [1.807, 2.05) is 7.05 Å². The standard InChI is InChI=1S/C11H13N2.HI/c1-12-10-7-9-5-3-4-6-11(9)13(2)8-10;/h3-8,12H,1-2H3;1H/q+1;/p-1. The molecule has 0 fully saturated rings. The monoisotopic (exact) mass is 300 g/mol. The minimum Gasteiger partial charge on any atom is -1.00 e. The first-order valence-electron chi connectivity index (χ1n) is 4.37. The van der Waals surface area contributed by atoms with Gasteiger partial charge in [-0.2, -0.15) is 4.57 Å². The minimum atomic E-state index is 0. The van der Waals surface area contributed by atoms with Crippen molar-refractivity contribution in [1.29, 1.82) is 0 Å². The molecule has 2 rings (SSSR count). The van der Waals surface area contributed by atoms with Crippen LogP contribution in [-0.2, 0) is 7.05 Å². The van der Waals surface area contributed by atoms with Crippen LogP contribution in [0.3, 0.4) is 0 Å². The number of aromatic nitrogens is 1. The second-order valence-corrected chi connectivity index (χ2v) is 3.15. The lowest BCUT2D eigenvalue weighted by atomic mass is 10.2. The maximum absolute atomic E-state index is 3.14. The molecule has 0 atom stereocenters. The van der Waals surface area contributed by atoms with Gasteiger partial charge in [0.05, 0.1) is 5.69 Å². The molecule has 0 spiro atoms. The summed E-state index contributed by atoms with van der Waals surface area (Å²) in [7, 11) is 3.99. The van der Waals surface area contributed by atoms with Gasteiger partial charge in [0.15, 0.2) is 6.20 Å². The molecule has 0 aliphatic rings. The van der Waals surface area contributed by atoms with E-state index >= 15 is 0 Å². The van der Waals surface area contributed by atoms with Crippen molar-refractivity contribution < 1.29 is 28.5 Å². The molecule has 14 heavy (non-hydrogen) atoms. The summed E-state index contributed by atoms with van der Waals surface area (Å²) in [6, 6.07) is 10.5. The van der Waals surface area contributed by atoms with E-state index < -0.39 is 0 Å². The summed E-state index contributed by atoms with van der Waals surface area (Å²) in [5.74, 6) is 0. The highest BCUT2D eigenvalue weighted by Crippen LogP contribution is 2.13. The van der Waals surface area contributed by atoms with Crippen molar-refractivity contribution in [2.45, 2.75) is 0 Å². The summed E-state index contributed by atoms with van der Waals surface area (Å²) in [6.07, 6.45) is 2.09. The van der Waals surface area contributed by atoms with Crippen LogP contribution in [0.25, 0.3) is 10.9 Å². The minimum absolute atomic E-state index is 0. The Kier molecular flexibility index (Phi) is 3.69. The number of nitrogens with zero attached hydrogens (tertiary/aromatic N) is 1. The number of nitrogens with one attached hydrogen (secondary N) is 1. The molecule has 0 aliphatic heterocycles. The fourth-order valence-corrected chi connectivity index (χ4v) is 1.55. The number of hydrogen-bond acceptors (Lipinski definition) is 1. The van der Waals surface area contributed by atoms with Crippen molar-refractivity contribution in [1.82, 2.24) is 0 Å². The fourth-order valence-electron chi connectivity index (χ4n) is 1.55. The Balaban J connectivity index is 0.000000980. The number of anilines is 1. The number of halogens is 1. The van der Waals surface area contributed by atoms with E-state index in [1.165, 1.54) is 10.9 Å². The van der Waals surface area contributed by atoms with Crippen molar-refractivity contribution in [3.05, 3.63) is 36.5 Å². The van der Waals surface area contributed by atoms with Crippen LogP contribution in [0.15, 0.2) is 36.5 Å². The van der Waals surface area contributed by atoms with E-state index in [9.17, 15) is 0 Å². The predicted molar refractivity (Wildman–Crippen MR) is 54.7 cm³/mol. The Morgan fingerprint density at radius 3 is 2.64 bits per heavy atom. The molecular formula is C11H13IN2. The number of rotatable bonds is 1. The summed E-state index contributed by atoms with van der Waals surface area (Å²) in [4.78, 5) is 0. The van der Waals surface area contributed by atoms with E-state index in [-0.39, 0.29) is 24.0 Å². The lowest BCUT2D eigenvalue weighted by Gasteiger charge is -2.00. The van der Waals surface area contributed by atoms with Gasteiger partial charge in [0, 0.05) is 18.5 Å². The Morgan fingerprint density at radius 2 is 1.93 bits per heavy atom. The van der Waals surface area contributed by atoms with Crippen LogP contribution in [0, 0.1) is 0 Å². The summed E-state index contributed by atoms with van der Waals surface area (Å²) in [5.41, 5.74) is 2.39. The van der Waals surface area contributed by atoms with E-state index in [0.29, 0.717) is 0 Å². The Bertz CT molecular complexity index is 440. The molecule has 2 aromatic rings. The first-order valence-corrected chi connectivity index (χ1v) is 4.37. The first-order chi connectivity index (χ1) is 6.31. The highest BCUT2D eigenvalue weighted by molar-refractivity contribution is 5.78. The van der Waals surface area contributed by atoms with Gasteiger partial charge in [0.25, 0.3) is 0 Å². The normalized spacial score (nSPS) is 9.57. The lowest BCUT2D eigenvalue weighted by Crippen LogP contribution is -3.00. The van der Waals surface area contributed by atoms with Crippen molar-refractivity contribution in [2.75, 3.05) is 12.4 Å². The fraction of sp³-hybridized carbons (Fsp3) is 0.182. The Hall–Kier alpha value is -0.840. The van der Waals surface area contributed by atoms with Gasteiger partial charge in [-0.15, -0.1) is 0 Å². The second-order valence-electron chi connectivity index (χ2n) is 3.15. The summed E-state index contributed by atoms with van der Waals surface area (Å²) < 4.78 is 2.13. The molecule has 74 valence electrons.